The van der Waals surface area contributed by atoms with Crippen molar-refractivity contribution in [1.29, 1.82) is 0 Å². The first-order chi connectivity index (χ1) is 7.09. The van der Waals surface area contributed by atoms with Crippen LogP contribution in [-0.2, 0) is 9.59 Å². The average Bonchev–Trinajstić information content (AvgIpc) is 2.49. The van der Waals surface area contributed by atoms with Gasteiger partial charge in [-0.2, -0.15) is 0 Å². The minimum atomic E-state index is -0.446. The Balaban J connectivity index is 2.38. The first-order valence-electron chi connectivity index (χ1n) is 4.39. The molecule has 0 radical (unpaired) electrons. The Morgan fingerprint density at radius 3 is 2.60 bits per heavy atom. The van der Waals surface area contributed by atoms with E-state index in [0.29, 0.717) is 17.3 Å². The van der Waals surface area contributed by atoms with Crippen molar-refractivity contribution >= 4 is 44.9 Å². The molecular weight excluding hydrogens is 281 g/mol. The normalized spacial score (nSPS) is 16.3. The molecule has 0 unspecified atom stereocenters. The Morgan fingerprint density at radius 2 is 2.07 bits per heavy atom. The topological polar surface area (TPSA) is 37.4 Å². The van der Waals surface area contributed by atoms with E-state index >= 15 is 0 Å². The highest BCUT2D eigenvalue weighted by molar-refractivity contribution is 9.10. The van der Waals surface area contributed by atoms with Gasteiger partial charge in [0.25, 0.3) is 5.91 Å². The molecular formula is C10H7BrClNO2. The van der Waals surface area contributed by atoms with Crippen molar-refractivity contribution in [2.24, 2.45) is 0 Å². The highest BCUT2D eigenvalue weighted by Gasteiger charge is 2.31. The summed E-state index contributed by atoms with van der Waals surface area (Å²) in [6.07, 6.45) is 0.286. The third-order valence-corrected chi connectivity index (χ3v) is 3.12. The number of anilines is 1. The number of halogens is 2. The molecule has 0 N–H and O–H groups in total. The van der Waals surface area contributed by atoms with Crippen molar-refractivity contribution in [3.63, 3.8) is 0 Å². The first kappa shape index (κ1) is 10.6. The SMILES string of the molecule is O=C1CCN(c2ccc(Cl)cc2Br)C1=O. The summed E-state index contributed by atoms with van der Waals surface area (Å²) in [6.45, 7) is 0.442. The molecule has 0 saturated carbocycles. The Morgan fingerprint density at radius 1 is 1.33 bits per heavy atom. The molecule has 15 heavy (non-hydrogen) atoms. The number of carbonyl (C=O) groups is 2. The molecule has 1 heterocycles. The molecule has 78 valence electrons. The molecule has 2 rings (SSSR count). The zero-order valence-corrected chi connectivity index (χ0v) is 10.0. The Kier molecular flexibility index (Phi) is 2.80. The summed E-state index contributed by atoms with van der Waals surface area (Å²) in [6, 6.07) is 5.12. The van der Waals surface area contributed by atoms with Crippen molar-refractivity contribution in [2.45, 2.75) is 6.42 Å². The van der Waals surface area contributed by atoms with Crippen molar-refractivity contribution in [2.75, 3.05) is 11.4 Å². The van der Waals surface area contributed by atoms with Crippen LogP contribution in [0, 0.1) is 0 Å². The maximum Gasteiger partial charge on any atom is 0.294 e. The lowest BCUT2D eigenvalue weighted by Gasteiger charge is -2.16. The summed E-state index contributed by atoms with van der Waals surface area (Å²) in [7, 11) is 0. The van der Waals surface area contributed by atoms with Crippen LogP contribution in [-0.4, -0.2) is 18.2 Å². The molecule has 0 spiro atoms. The van der Waals surface area contributed by atoms with E-state index in [0.717, 1.165) is 4.47 Å². The third kappa shape index (κ3) is 1.92. The first-order valence-corrected chi connectivity index (χ1v) is 5.56. The number of ketones is 1. The molecule has 1 aromatic rings. The van der Waals surface area contributed by atoms with E-state index < -0.39 is 5.91 Å². The fraction of sp³-hybridized carbons (Fsp3) is 0.200. The molecule has 1 aliphatic heterocycles. The molecule has 1 fully saturated rings. The Hall–Kier alpha value is -0.870. The summed E-state index contributed by atoms with van der Waals surface area (Å²) in [5.74, 6) is -0.783. The van der Waals surface area contributed by atoms with Crippen LogP contribution < -0.4 is 4.90 Å². The van der Waals surface area contributed by atoms with E-state index in [2.05, 4.69) is 15.9 Å². The highest BCUT2D eigenvalue weighted by Crippen LogP contribution is 2.31. The van der Waals surface area contributed by atoms with Gasteiger partial charge in [0.15, 0.2) is 0 Å². The number of hydrogen-bond acceptors (Lipinski definition) is 2. The number of hydrogen-bond donors (Lipinski definition) is 0. The van der Waals surface area contributed by atoms with Crippen LogP contribution in [0.2, 0.25) is 5.02 Å². The van der Waals surface area contributed by atoms with Crippen LogP contribution in [0.1, 0.15) is 6.42 Å². The van der Waals surface area contributed by atoms with Crippen molar-refractivity contribution in [3.05, 3.63) is 27.7 Å². The molecule has 1 amide bonds. The minimum Gasteiger partial charge on any atom is -0.304 e. The maximum absolute atomic E-state index is 11.5. The predicted octanol–water partition coefficient (Wildman–Crippen LogP) is 2.41. The average molecular weight is 289 g/mol. The van der Waals surface area contributed by atoms with E-state index in [1.54, 1.807) is 18.2 Å². The molecule has 1 aromatic carbocycles. The van der Waals surface area contributed by atoms with E-state index in [1.165, 1.54) is 4.90 Å². The van der Waals surface area contributed by atoms with Crippen LogP contribution in [0.5, 0.6) is 0 Å². The van der Waals surface area contributed by atoms with Gasteiger partial charge >= 0.3 is 0 Å². The quantitative estimate of drug-likeness (QED) is 0.744. The number of amides is 1. The van der Waals surface area contributed by atoms with Gasteiger partial charge in [-0.3, -0.25) is 9.59 Å². The minimum absolute atomic E-state index is 0.286. The van der Waals surface area contributed by atoms with Crippen LogP contribution in [0.15, 0.2) is 22.7 Å². The molecule has 0 bridgehead atoms. The van der Waals surface area contributed by atoms with Crippen LogP contribution >= 0.6 is 27.5 Å². The second kappa shape index (κ2) is 3.94. The fourth-order valence-corrected chi connectivity index (χ4v) is 2.40. The van der Waals surface area contributed by atoms with Gasteiger partial charge in [0.1, 0.15) is 0 Å². The maximum atomic E-state index is 11.5. The van der Waals surface area contributed by atoms with Crippen LogP contribution in [0.25, 0.3) is 0 Å². The number of nitrogens with zero attached hydrogens (tertiary/aromatic N) is 1. The fourth-order valence-electron chi connectivity index (χ4n) is 1.50. The van der Waals surface area contributed by atoms with Gasteiger partial charge in [-0.1, -0.05) is 11.6 Å². The lowest BCUT2D eigenvalue weighted by molar-refractivity contribution is -0.133. The molecule has 0 aromatic heterocycles. The lowest BCUT2D eigenvalue weighted by atomic mass is 10.3. The largest absolute Gasteiger partial charge is 0.304 e. The summed E-state index contributed by atoms with van der Waals surface area (Å²) >= 11 is 9.10. The lowest BCUT2D eigenvalue weighted by Crippen LogP contribution is -2.27. The van der Waals surface area contributed by atoms with Gasteiger partial charge in [0.2, 0.25) is 5.78 Å². The van der Waals surface area contributed by atoms with Gasteiger partial charge in [-0.15, -0.1) is 0 Å². The number of carbonyl (C=O) groups excluding carboxylic acids is 2. The second-order valence-electron chi connectivity index (χ2n) is 3.23. The monoisotopic (exact) mass is 287 g/mol. The van der Waals surface area contributed by atoms with Gasteiger partial charge in [-0.25, -0.2) is 0 Å². The molecule has 0 atom stereocenters. The van der Waals surface area contributed by atoms with E-state index in [9.17, 15) is 9.59 Å². The van der Waals surface area contributed by atoms with E-state index in [1.807, 2.05) is 0 Å². The standard InChI is InChI=1S/C10H7BrClNO2/c11-7-5-6(12)1-2-8(7)13-4-3-9(14)10(13)15/h1-2,5H,3-4H2. The predicted molar refractivity (Wildman–Crippen MR) is 61.1 cm³/mol. The zero-order valence-electron chi connectivity index (χ0n) is 7.67. The zero-order chi connectivity index (χ0) is 11.0. The van der Waals surface area contributed by atoms with E-state index in [4.69, 9.17) is 11.6 Å². The Labute approximate surface area is 100 Å². The number of benzene rings is 1. The molecule has 0 aliphatic carbocycles. The van der Waals surface area contributed by atoms with Crippen LogP contribution in [0.3, 0.4) is 0 Å². The smallest absolute Gasteiger partial charge is 0.294 e. The van der Waals surface area contributed by atoms with Crippen molar-refractivity contribution in [3.8, 4) is 0 Å². The summed E-state index contributed by atoms with van der Waals surface area (Å²) in [5, 5.41) is 0.587. The molecule has 1 saturated heterocycles. The highest BCUT2D eigenvalue weighted by atomic mass is 79.9. The Bertz CT molecular complexity index is 447. The number of Topliss-reactive ketones (excluding diaryl/α,β-unsaturated/α-hetero) is 1. The molecule has 1 aliphatic rings. The number of rotatable bonds is 1. The summed E-state index contributed by atoms with van der Waals surface area (Å²) < 4.78 is 0.720. The van der Waals surface area contributed by atoms with E-state index in [-0.39, 0.29) is 12.2 Å². The molecule has 3 nitrogen and oxygen atoms in total. The third-order valence-electron chi connectivity index (χ3n) is 2.25. The van der Waals surface area contributed by atoms with Gasteiger partial charge < -0.3 is 4.90 Å². The second-order valence-corrected chi connectivity index (χ2v) is 4.52. The van der Waals surface area contributed by atoms with Crippen LogP contribution in [0.4, 0.5) is 5.69 Å². The summed E-state index contributed by atoms with van der Waals surface area (Å²) in [5.41, 5.74) is 0.690. The van der Waals surface area contributed by atoms with Gasteiger partial charge in [-0.05, 0) is 34.1 Å². The van der Waals surface area contributed by atoms with Gasteiger partial charge in [0, 0.05) is 22.5 Å². The van der Waals surface area contributed by atoms with Crippen molar-refractivity contribution in [1.82, 2.24) is 0 Å². The van der Waals surface area contributed by atoms with Crippen molar-refractivity contribution < 1.29 is 9.59 Å². The molecule has 5 heteroatoms. The van der Waals surface area contributed by atoms with Gasteiger partial charge in [0.05, 0.1) is 5.69 Å². The summed E-state index contributed by atoms with van der Waals surface area (Å²) in [4.78, 5) is 24.0.